The number of hydrazone groups is 1. The smallest absolute Gasteiger partial charge is 0.240 e. The fraction of sp³-hybridized carbons (Fsp3) is 0.438. The molecule has 3 rings (SSSR count). The monoisotopic (exact) mass is 319 g/mol. The van der Waals surface area contributed by atoms with Crippen molar-refractivity contribution >= 4 is 34.8 Å². The molecule has 2 N–H and O–H groups in total. The highest BCUT2D eigenvalue weighted by atomic mass is 35.5. The Labute approximate surface area is 134 Å². The zero-order chi connectivity index (χ0) is 15.7. The minimum Gasteiger partial charge on any atom is -0.326 e. The van der Waals surface area contributed by atoms with E-state index in [1.807, 2.05) is 31.2 Å². The van der Waals surface area contributed by atoms with E-state index >= 15 is 0 Å². The average Bonchev–Trinajstić information content (AvgIpc) is 2.47. The number of halogens is 1. The molecule has 22 heavy (non-hydrogen) atoms. The lowest BCUT2D eigenvalue weighted by molar-refractivity contribution is -0.122. The van der Waals surface area contributed by atoms with E-state index in [2.05, 4.69) is 15.8 Å². The van der Waals surface area contributed by atoms with Gasteiger partial charge in [-0.05, 0) is 30.5 Å². The lowest BCUT2D eigenvalue weighted by Crippen LogP contribution is -2.37. The van der Waals surface area contributed by atoms with Gasteiger partial charge in [0.1, 0.15) is 0 Å². The van der Waals surface area contributed by atoms with Gasteiger partial charge in [0.05, 0.1) is 11.6 Å². The molecule has 0 saturated heterocycles. The van der Waals surface area contributed by atoms with Crippen LogP contribution in [0.15, 0.2) is 29.4 Å². The van der Waals surface area contributed by atoms with Gasteiger partial charge in [-0.2, -0.15) is 5.10 Å². The molecular formula is C16H18ClN3O2. The van der Waals surface area contributed by atoms with Crippen molar-refractivity contribution in [3.05, 3.63) is 29.8 Å². The van der Waals surface area contributed by atoms with Crippen LogP contribution in [0.4, 0.5) is 5.69 Å². The van der Waals surface area contributed by atoms with Crippen molar-refractivity contribution in [2.45, 2.75) is 31.6 Å². The van der Waals surface area contributed by atoms with Crippen LogP contribution < -0.4 is 10.7 Å². The molecule has 1 fully saturated rings. The molecule has 0 radical (unpaired) electrons. The van der Waals surface area contributed by atoms with Crippen LogP contribution in [0, 0.1) is 11.8 Å². The van der Waals surface area contributed by atoms with Crippen molar-refractivity contribution in [3.63, 3.8) is 0 Å². The topological polar surface area (TPSA) is 70.6 Å². The fourth-order valence-electron chi connectivity index (χ4n) is 2.72. The number of benzene rings is 1. The van der Waals surface area contributed by atoms with E-state index in [0.29, 0.717) is 6.42 Å². The minimum atomic E-state index is -0.0840. The van der Waals surface area contributed by atoms with Gasteiger partial charge in [-0.25, -0.2) is 5.43 Å². The molecule has 6 heteroatoms. The van der Waals surface area contributed by atoms with Crippen LogP contribution in [0.1, 0.15) is 31.7 Å². The van der Waals surface area contributed by atoms with Crippen molar-refractivity contribution in [2.24, 2.45) is 16.9 Å². The molecule has 1 saturated carbocycles. The lowest BCUT2D eigenvalue weighted by Gasteiger charge is -2.30. The third-order valence-electron chi connectivity index (χ3n) is 4.23. The maximum atomic E-state index is 12.0. The Balaban J connectivity index is 1.68. The van der Waals surface area contributed by atoms with E-state index in [9.17, 15) is 9.59 Å². The predicted molar refractivity (Wildman–Crippen MR) is 85.9 cm³/mol. The van der Waals surface area contributed by atoms with Gasteiger partial charge < -0.3 is 5.32 Å². The van der Waals surface area contributed by atoms with Crippen LogP contribution >= 0.6 is 11.6 Å². The zero-order valence-electron chi connectivity index (χ0n) is 12.3. The van der Waals surface area contributed by atoms with E-state index in [1.54, 1.807) is 0 Å². The highest BCUT2D eigenvalue weighted by Crippen LogP contribution is 2.33. The lowest BCUT2D eigenvalue weighted by atomic mass is 9.84. The Bertz CT molecular complexity index is 627. The Morgan fingerprint density at radius 3 is 2.59 bits per heavy atom. The molecule has 0 spiro atoms. The first-order chi connectivity index (χ1) is 10.5. The summed E-state index contributed by atoms with van der Waals surface area (Å²) in [6.45, 7) is 1.98. The summed E-state index contributed by atoms with van der Waals surface area (Å²) in [6.07, 6.45) is 2.20. The van der Waals surface area contributed by atoms with E-state index in [1.165, 1.54) is 0 Å². The Hall–Kier alpha value is -1.88. The molecule has 1 aromatic carbocycles. The predicted octanol–water partition coefficient (Wildman–Crippen LogP) is 2.50. The van der Waals surface area contributed by atoms with Crippen molar-refractivity contribution in [1.82, 2.24) is 5.43 Å². The molecule has 1 aliphatic carbocycles. The van der Waals surface area contributed by atoms with Crippen molar-refractivity contribution in [3.8, 4) is 0 Å². The van der Waals surface area contributed by atoms with Crippen LogP contribution in [0.5, 0.6) is 0 Å². The van der Waals surface area contributed by atoms with Crippen LogP contribution in [-0.2, 0) is 9.59 Å². The number of hydrogen-bond donors (Lipinski definition) is 2. The Kier molecular flexibility index (Phi) is 4.16. The van der Waals surface area contributed by atoms with Gasteiger partial charge in [0, 0.05) is 23.4 Å². The summed E-state index contributed by atoms with van der Waals surface area (Å²) in [5, 5.41) is 6.97. The SMILES string of the molecule is CC1CC(=O)NN=C1c1ccc(NC(=O)[C@@H]2CC[C@H]2Cl)cc1. The zero-order valence-corrected chi connectivity index (χ0v) is 13.1. The molecule has 2 amide bonds. The third-order valence-corrected chi connectivity index (χ3v) is 4.76. The molecule has 2 aliphatic rings. The maximum Gasteiger partial charge on any atom is 0.240 e. The van der Waals surface area contributed by atoms with Crippen LogP contribution in [0.25, 0.3) is 0 Å². The van der Waals surface area contributed by atoms with Gasteiger partial charge in [-0.1, -0.05) is 19.1 Å². The summed E-state index contributed by atoms with van der Waals surface area (Å²) in [7, 11) is 0. The number of rotatable bonds is 3. The molecule has 0 bridgehead atoms. The molecule has 116 valence electrons. The van der Waals surface area contributed by atoms with Crippen LogP contribution in [-0.4, -0.2) is 22.9 Å². The van der Waals surface area contributed by atoms with Crippen LogP contribution in [0.3, 0.4) is 0 Å². The highest BCUT2D eigenvalue weighted by molar-refractivity contribution is 6.23. The van der Waals surface area contributed by atoms with Gasteiger partial charge in [-0.15, -0.1) is 11.6 Å². The molecular weight excluding hydrogens is 302 g/mol. The van der Waals surface area contributed by atoms with Gasteiger partial charge in [-0.3, -0.25) is 9.59 Å². The second-order valence-corrected chi connectivity index (χ2v) is 6.46. The van der Waals surface area contributed by atoms with Gasteiger partial charge in [0.25, 0.3) is 0 Å². The second-order valence-electron chi connectivity index (χ2n) is 5.90. The summed E-state index contributed by atoms with van der Waals surface area (Å²) in [5.41, 5.74) is 5.06. The number of carbonyl (C=O) groups excluding carboxylic acids is 2. The number of carbonyl (C=O) groups is 2. The molecule has 5 nitrogen and oxygen atoms in total. The first-order valence-corrected chi connectivity index (χ1v) is 7.90. The summed E-state index contributed by atoms with van der Waals surface area (Å²) < 4.78 is 0. The van der Waals surface area contributed by atoms with Gasteiger partial charge in [0.15, 0.2) is 0 Å². The highest BCUT2D eigenvalue weighted by Gasteiger charge is 2.35. The molecule has 1 unspecified atom stereocenters. The van der Waals surface area contributed by atoms with E-state index in [-0.39, 0.29) is 29.0 Å². The van der Waals surface area contributed by atoms with Crippen molar-refractivity contribution in [1.29, 1.82) is 0 Å². The Morgan fingerprint density at radius 2 is 2.05 bits per heavy atom. The number of hydrogen-bond acceptors (Lipinski definition) is 3. The standard InChI is InChI=1S/C16H18ClN3O2/c1-9-8-14(21)19-20-15(9)10-2-4-11(5-3-10)18-16(22)12-6-7-13(12)17/h2-5,9,12-13H,6-8H2,1H3,(H,18,22)(H,19,21)/t9?,12-,13-/m1/s1. The minimum absolute atomic E-state index is 0.0189. The normalized spacial score (nSPS) is 27.5. The molecule has 3 atom stereocenters. The van der Waals surface area contributed by atoms with Crippen molar-refractivity contribution < 1.29 is 9.59 Å². The first-order valence-electron chi connectivity index (χ1n) is 7.46. The summed E-state index contributed by atoms with van der Waals surface area (Å²) in [6, 6.07) is 7.50. The second kappa shape index (κ2) is 6.08. The largest absolute Gasteiger partial charge is 0.326 e. The quantitative estimate of drug-likeness (QED) is 0.840. The number of anilines is 1. The average molecular weight is 320 g/mol. The first kappa shape index (κ1) is 15.0. The molecule has 1 aromatic rings. The van der Waals surface area contributed by atoms with Gasteiger partial charge >= 0.3 is 0 Å². The van der Waals surface area contributed by atoms with E-state index in [0.717, 1.165) is 29.8 Å². The number of alkyl halides is 1. The van der Waals surface area contributed by atoms with Crippen molar-refractivity contribution in [2.75, 3.05) is 5.32 Å². The summed E-state index contributed by atoms with van der Waals surface area (Å²) >= 11 is 6.02. The molecule has 0 aromatic heterocycles. The summed E-state index contributed by atoms with van der Waals surface area (Å²) in [4.78, 5) is 23.3. The fourth-order valence-corrected chi connectivity index (χ4v) is 3.08. The number of nitrogens with zero attached hydrogens (tertiary/aromatic N) is 1. The van der Waals surface area contributed by atoms with Crippen LogP contribution in [0.2, 0.25) is 0 Å². The van der Waals surface area contributed by atoms with E-state index < -0.39 is 0 Å². The third kappa shape index (κ3) is 2.99. The molecule has 1 heterocycles. The molecule has 1 aliphatic heterocycles. The van der Waals surface area contributed by atoms with Gasteiger partial charge in [0.2, 0.25) is 11.8 Å². The summed E-state index contributed by atoms with van der Waals surface area (Å²) in [5.74, 6) is -0.0774. The maximum absolute atomic E-state index is 12.0. The Morgan fingerprint density at radius 1 is 1.32 bits per heavy atom. The number of amides is 2. The van der Waals surface area contributed by atoms with E-state index in [4.69, 9.17) is 11.6 Å². The number of nitrogens with one attached hydrogen (secondary N) is 2.